The Labute approximate surface area is 150 Å². The Kier molecular flexibility index (Phi) is 5.95. The van der Waals surface area contributed by atoms with Crippen molar-refractivity contribution < 1.29 is 4.79 Å². The van der Waals surface area contributed by atoms with Gasteiger partial charge in [-0.1, -0.05) is 25.1 Å². The Morgan fingerprint density at radius 2 is 2.00 bits per heavy atom. The standard InChI is InChI=1S/C20H30N4O/c1-15-9-11-17(12-10-15)23-20(21-2)22-14-19(25)24-13-5-7-16-6-3-4-8-18(16)24/h3-4,6,8,15,17H,5,7,9-14H2,1-2H3,(H2,21,22,23). The first-order chi connectivity index (χ1) is 12.2. The summed E-state index contributed by atoms with van der Waals surface area (Å²) in [7, 11) is 1.77. The molecule has 0 atom stereocenters. The molecule has 1 aliphatic heterocycles. The predicted octanol–water partition coefficient (Wildman–Crippen LogP) is 2.71. The minimum Gasteiger partial charge on any atom is -0.354 e. The number of fused-ring (bicyclic) bond motifs is 1. The largest absolute Gasteiger partial charge is 0.354 e. The van der Waals surface area contributed by atoms with Crippen molar-refractivity contribution in [1.29, 1.82) is 0 Å². The third-order valence-electron chi connectivity index (χ3n) is 5.40. The van der Waals surface area contributed by atoms with Crippen LogP contribution in [0.3, 0.4) is 0 Å². The summed E-state index contributed by atoms with van der Waals surface area (Å²) in [4.78, 5) is 18.9. The van der Waals surface area contributed by atoms with Crippen molar-refractivity contribution in [2.45, 2.75) is 51.5 Å². The number of nitrogens with zero attached hydrogens (tertiary/aromatic N) is 2. The van der Waals surface area contributed by atoms with Crippen LogP contribution in [0.15, 0.2) is 29.3 Å². The molecule has 0 radical (unpaired) electrons. The van der Waals surface area contributed by atoms with Crippen LogP contribution >= 0.6 is 0 Å². The molecule has 5 nitrogen and oxygen atoms in total. The Morgan fingerprint density at radius 3 is 2.76 bits per heavy atom. The lowest BCUT2D eigenvalue weighted by Gasteiger charge is -2.30. The van der Waals surface area contributed by atoms with Crippen LogP contribution in [0.2, 0.25) is 0 Å². The molecule has 0 saturated heterocycles. The molecular formula is C20H30N4O. The number of guanidine groups is 1. The molecule has 3 rings (SSSR count). The van der Waals surface area contributed by atoms with E-state index in [2.05, 4.69) is 28.6 Å². The third kappa shape index (κ3) is 4.53. The first-order valence-corrected chi connectivity index (χ1v) is 9.53. The number of amides is 1. The van der Waals surface area contributed by atoms with Crippen LogP contribution in [-0.4, -0.2) is 38.0 Å². The van der Waals surface area contributed by atoms with Gasteiger partial charge < -0.3 is 15.5 Å². The highest BCUT2D eigenvalue weighted by Gasteiger charge is 2.23. The normalized spacial score (nSPS) is 23.8. The minimum atomic E-state index is 0.104. The minimum absolute atomic E-state index is 0.104. The molecule has 1 aromatic carbocycles. The molecule has 25 heavy (non-hydrogen) atoms. The number of aliphatic imine (C=N–C) groups is 1. The van der Waals surface area contributed by atoms with Gasteiger partial charge in [0.2, 0.25) is 5.91 Å². The van der Waals surface area contributed by atoms with Crippen molar-refractivity contribution in [2.75, 3.05) is 25.0 Å². The Bertz CT molecular complexity index is 620. The van der Waals surface area contributed by atoms with Gasteiger partial charge in [-0.25, -0.2) is 0 Å². The molecule has 1 heterocycles. The highest BCUT2D eigenvalue weighted by molar-refractivity contribution is 5.98. The first-order valence-electron chi connectivity index (χ1n) is 9.53. The van der Waals surface area contributed by atoms with Crippen LogP contribution in [0.5, 0.6) is 0 Å². The summed E-state index contributed by atoms with van der Waals surface area (Å²) < 4.78 is 0. The number of hydrogen-bond acceptors (Lipinski definition) is 2. The molecule has 0 spiro atoms. The van der Waals surface area contributed by atoms with Gasteiger partial charge in [-0.2, -0.15) is 0 Å². The van der Waals surface area contributed by atoms with E-state index in [0.717, 1.165) is 37.0 Å². The maximum absolute atomic E-state index is 12.7. The molecule has 2 N–H and O–H groups in total. The van der Waals surface area contributed by atoms with E-state index in [1.807, 2.05) is 23.1 Å². The molecule has 0 unspecified atom stereocenters. The second kappa shape index (κ2) is 8.37. The number of hydrogen-bond donors (Lipinski definition) is 2. The smallest absolute Gasteiger partial charge is 0.246 e. The molecule has 1 fully saturated rings. The maximum atomic E-state index is 12.7. The molecule has 0 bridgehead atoms. The summed E-state index contributed by atoms with van der Waals surface area (Å²) in [6.07, 6.45) is 6.95. The van der Waals surface area contributed by atoms with E-state index in [1.165, 1.54) is 31.2 Å². The highest BCUT2D eigenvalue weighted by Crippen LogP contribution is 2.26. The number of rotatable bonds is 3. The molecule has 136 valence electrons. The van der Waals surface area contributed by atoms with Crippen LogP contribution in [0.1, 0.15) is 44.6 Å². The second-order valence-electron chi connectivity index (χ2n) is 7.30. The van der Waals surface area contributed by atoms with Gasteiger partial charge in [-0.15, -0.1) is 0 Å². The van der Waals surface area contributed by atoms with Crippen LogP contribution in [0, 0.1) is 5.92 Å². The highest BCUT2D eigenvalue weighted by atomic mass is 16.2. The SMILES string of the molecule is CN=C(NCC(=O)N1CCCc2ccccc21)NC1CCC(C)CC1. The van der Waals surface area contributed by atoms with E-state index in [1.54, 1.807) is 7.05 Å². The van der Waals surface area contributed by atoms with E-state index >= 15 is 0 Å². The van der Waals surface area contributed by atoms with Gasteiger partial charge in [0.05, 0.1) is 6.54 Å². The van der Waals surface area contributed by atoms with Crippen molar-refractivity contribution in [3.63, 3.8) is 0 Å². The summed E-state index contributed by atoms with van der Waals surface area (Å²) >= 11 is 0. The molecule has 2 aliphatic rings. The molecule has 1 aliphatic carbocycles. The number of benzene rings is 1. The number of aryl methyl sites for hydroxylation is 1. The van der Waals surface area contributed by atoms with Crippen LogP contribution in [-0.2, 0) is 11.2 Å². The number of carbonyl (C=O) groups excluding carboxylic acids is 1. The molecule has 1 aromatic rings. The number of carbonyl (C=O) groups is 1. The number of para-hydroxylation sites is 1. The van der Waals surface area contributed by atoms with E-state index in [0.29, 0.717) is 6.04 Å². The van der Waals surface area contributed by atoms with E-state index in [-0.39, 0.29) is 12.5 Å². The summed E-state index contributed by atoms with van der Waals surface area (Å²) in [5, 5.41) is 6.68. The molecule has 5 heteroatoms. The van der Waals surface area contributed by atoms with E-state index in [4.69, 9.17) is 0 Å². The van der Waals surface area contributed by atoms with Gasteiger partial charge in [-0.05, 0) is 56.1 Å². The van der Waals surface area contributed by atoms with Gasteiger partial charge in [-0.3, -0.25) is 9.79 Å². The van der Waals surface area contributed by atoms with Crippen molar-refractivity contribution in [1.82, 2.24) is 10.6 Å². The van der Waals surface area contributed by atoms with Gasteiger partial charge in [0, 0.05) is 25.3 Å². The Hall–Kier alpha value is -2.04. The fourth-order valence-electron chi connectivity index (χ4n) is 3.84. The van der Waals surface area contributed by atoms with Crippen molar-refractivity contribution in [3.05, 3.63) is 29.8 Å². The molecule has 0 aromatic heterocycles. The Morgan fingerprint density at radius 1 is 1.24 bits per heavy atom. The topological polar surface area (TPSA) is 56.7 Å². The van der Waals surface area contributed by atoms with Gasteiger partial charge >= 0.3 is 0 Å². The lowest BCUT2D eigenvalue weighted by molar-refractivity contribution is -0.117. The summed E-state index contributed by atoms with van der Waals surface area (Å²) in [6.45, 7) is 3.39. The second-order valence-corrected chi connectivity index (χ2v) is 7.30. The number of nitrogens with one attached hydrogen (secondary N) is 2. The van der Waals surface area contributed by atoms with Crippen molar-refractivity contribution in [2.24, 2.45) is 10.9 Å². The third-order valence-corrected chi connectivity index (χ3v) is 5.40. The molecule has 1 amide bonds. The molecule has 1 saturated carbocycles. The van der Waals surface area contributed by atoms with E-state index < -0.39 is 0 Å². The lowest BCUT2D eigenvalue weighted by atomic mass is 9.87. The van der Waals surface area contributed by atoms with Gasteiger partial charge in [0.1, 0.15) is 0 Å². The maximum Gasteiger partial charge on any atom is 0.246 e. The quantitative estimate of drug-likeness (QED) is 0.656. The average molecular weight is 342 g/mol. The summed E-state index contributed by atoms with van der Waals surface area (Å²) in [5.74, 6) is 1.67. The summed E-state index contributed by atoms with van der Waals surface area (Å²) in [6, 6.07) is 8.67. The Balaban J connectivity index is 1.53. The van der Waals surface area contributed by atoms with E-state index in [9.17, 15) is 4.79 Å². The monoisotopic (exact) mass is 342 g/mol. The van der Waals surface area contributed by atoms with Crippen LogP contribution in [0.4, 0.5) is 5.69 Å². The van der Waals surface area contributed by atoms with Crippen molar-refractivity contribution >= 4 is 17.6 Å². The predicted molar refractivity (Wildman–Crippen MR) is 103 cm³/mol. The fraction of sp³-hybridized carbons (Fsp3) is 0.600. The molecular weight excluding hydrogens is 312 g/mol. The van der Waals surface area contributed by atoms with Crippen LogP contribution in [0.25, 0.3) is 0 Å². The summed E-state index contributed by atoms with van der Waals surface area (Å²) in [5.41, 5.74) is 2.32. The van der Waals surface area contributed by atoms with Crippen molar-refractivity contribution in [3.8, 4) is 0 Å². The van der Waals surface area contributed by atoms with Gasteiger partial charge in [0.15, 0.2) is 5.96 Å². The van der Waals surface area contributed by atoms with Crippen LogP contribution < -0.4 is 15.5 Å². The zero-order valence-electron chi connectivity index (χ0n) is 15.4. The fourth-order valence-corrected chi connectivity index (χ4v) is 3.84. The average Bonchev–Trinajstić information content (AvgIpc) is 2.66. The zero-order chi connectivity index (χ0) is 17.6. The number of anilines is 1. The lowest BCUT2D eigenvalue weighted by Crippen LogP contribution is -2.49. The first kappa shape index (κ1) is 17.8. The zero-order valence-corrected chi connectivity index (χ0v) is 15.4. The van der Waals surface area contributed by atoms with Gasteiger partial charge in [0.25, 0.3) is 0 Å².